The molecule has 1 aliphatic carbocycles. The van der Waals surface area contributed by atoms with Gasteiger partial charge in [-0.15, -0.1) is 22.7 Å². The first-order chi connectivity index (χ1) is 30.7. The van der Waals surface area contributed by atoms with Gasteiger partial charge in [-0.3, -0.25) is 19.4 Å². The third-order valence-electron chi connectivity index (χ3n) is 13.5. The number of benzene rings is 4. The molecule has 2 saturated heterocycles. The molecule has 4 atom stereocenters. The van der Waals surface area contributed by atoms with Crippen LogP contribution in [-0.2, 0) is 16.0 Å². The van der Waals surface area contributed by atoms with Crippen LogP contribution in [0.3, 0.4) is 0 Å². The van der Waals surface area contributed by atoms with Gasteiger partial charge in [0.25, 0.3) is 0 Å². The van der Waals surface area contributed by atoms with Crippen molar-refractivity contribution in [1.29, 1.82) is 0 Å². The first kappa shape index (κ1) is 39.9. The summed E-state index contributed by atoms with van der Waals surface area (Å²) in [5.74, 6) is 1.93. The van der Waals surface area contributed by atoms with E-state index in [0.717, 1.165) is 88.2 Å². The number of rotatable bonds is 10. The first-order valence-corrected chi connectivity index (χ1v) is 23.7. The van der Waals surface area contributed by atoms with Crippen LogP contribution in [0.15, 0.2) is 108 Å². The van der Waals surface area contributed by atoms with Gasteiger partial charge in [0.15, 0.2) is 0 Å². The van der Waals surface area contributed by atoms with E-state index in [1.807, 2.05) is 60.2 Å². The average molecular weight is 871 g/mol. The topological polar surface area (TPSA) is 104 Å². The normalized spacial score (nSPS) is 18.3. The number of likely N-dealkylation sites (N-methyl/N-ethyl adjacent to an activating group) is 2. The Morgan fingerprint density at radius 3 is 1.52 bits per heavy atom. The van der Waals surface area contributed by atoms with Crippen LogP contribution in [0.5, 0.6) is 0 Å². The van der Waals surface area contributed by atoms with Crippen molar-refractivity contribution in [3.05, 3.63) is 142 Å². The second kappa shape index (κ2) is 16.0. The number of carbonyl (C=O) groups is 2. The van der Waals surface area contributed by atoms with Crippen molar-refractivity contribution in [2.75, 3.05) is 41.3 Å². The van der Waals surface area contributed by atoms with Crippen molar-refractivity contribution < 1.29 is 9.59 Å². The van der Waals surface area contributed by atoms with E-state index in [1.165, 1.54) is 31.7 Å². The van der Waals surface area contributed by atoms with Crippen LogP contribution >= 0.6 is 22.7 Å². The summed E-state index contributed by atoms with van der Waals surface area (Å²) in [6.07, 6.45) is 8.32. The number of hydrogen-bond donors (Lipinski definition) is 2. The summed E-state index contributed by atoms with van der Waals surface area (Å²) in [6, 6.07) is 29.2. The van der Waals surface area contributed by atoms with E-state index in [-0.39, 0.29) is 36.0 Å². The van der Waals surface area contributed by atoms with Crippen molar-refractivity contribution in [2.24, 2.45) is 0 Å². The summed E-state index contributed by atoms with van der Waals surface area (Å²) in [4.78, 5) is 54.0. The Labute approximate surface area is 375 Å². The van der Waals surface area contributed by atoms with Gasteiger partial charge in [0.1, 0.15) is 23.7 Å². The summed E-state index contributed by atoms with van der Waals surface area (Å²) >= 11 is 3.39. The van der Waals surface area contributed by atoms with Crippen molar-refractivity contribution >= 4 is 54.7 Å². The molecule has 8 aromatic rings. The van der Waals surface area contributed by atoms with Gasteiger partial charge in [0, 0.05) is 22.5 Å². The Kier molecular flexibility index (Phi) is 10.1. The number of H-pyrrole nitrogens is 2. The SMILES string of the molecule is CN(C)C(C(=O)N1CCC[C@@H]1c1ncc(-c2ccc3c(c2)Cc2cc(-c4cnc([C@H]5CCCN5C(=O)C(c5csc6ccccc56)N(C)C)[nH]4)ccc2-3)[nH]1)c1csc2ccccc12. The van der Waals surface area contributed by atoms with Gasteiger partial charge < -0.3 is 19.8 Å². The van der Waals surface area contributed by atoms with Crippen LogP contribution in [0.2, 0.25) is 0 Å². The predicted octanol–water partition coefficient (Wildman–Crippen LogP) is 10.4. The molecule has 2 fully saturated rings. The van der Waals surface area contributed by atoms with Gasteiger partial charge in [-0.25, -0.2) is 9.97 Å². The molecule has 63 heavy (non-hydrogen) atoms. The van der Waals surface area contributed by atoms with E-state index in [1.54, 1.807) is 22.7 Å². The number of nitrogens with zero attached hydrogens (tertiary/aromatic N) is 6. The average Bonchev–Trinajstić information content (AvgIpc) is 4.14. The fourth-order valence-electron chi connectivity index (χ4n) is 10.5. The molecule has 4 aromatic carbocycles. The quantitative estimate of drug-likeness (QED) is 0.142. The monoisotopic (exact) mass is 870 g/mol. The van der Waals surface area contributed by atoms with Crippen LogP contribution in [-0.4, -0.2) is 92.6 Å². The van der Waals surface area contributed by atoms with Crippen LogP contribution in [0, 0.1) is 0 Å². The van der Waals surface area contributed by atoms with Crippen molar-refractivity contribution in [3.8, 4) is 33.6 Å². The zero-order valence-corrected chi connectivity index (χ0v) is 37.6. The lowest BCUT2D eigenvalue weighted by atomic mass is 10.0. The maximum atomic E-state index is 14.4. The highest BCUT2D eigenvalue weighted by atomic mass is 32.1. The molecule has 11 rings (SSSR count). The largest absolute Gasteiger partial charge is 0.340 e. The molecule has 3 aliphatic rings. The lowest BCUT2D eigenvalue weighted by molar-refractivity contribution is -0.138. The Morgan fingerprint density at radius 2 is 1.08 bits per heavy atom. The second-order valence-electron chi connectivity index (χ2n) is 17.8. The van der Waals surface area contributed by atoms with Gasteiger partial charge in [-0.2, -0.15) is 0 Å². The molecule has 2 aliphatic heterocycles. The van der Waals surface area contributed by atoms with E-state index in [9.17, 15) is 9.59 Å². The zero-order valence-electron chi connectivity index (χ0n) is 36.0. The third kappa shape index (κ3) is 6.91. The number of carbonyl (C=O) groups excluding carboxylic acids is 2. The summed E-state index contributed by atoms with van der Waals surface area (Å²) in [7, 11) is 7.98. The molecule has 0 saturated carbocycles. The lowest BCUT2D eigenvalue weighted by Gasteiger charge is -2.31. The second-order valence-corrected chi connectivity index (χ2v) is 19.6. The number of aromatic nitrogens is 4. The highest BCUT2D eigenvalue weighted by molar-refractivity contribution is 7.17. The molecule has 0 radical (unpaired) electrons. The Bertz CT molecular complexity index is 2830. The fourth-order valence-corrected chi connectivity index (χ4v) is 12.4. The molecule has 318 valence electrons. The number of hydrogen-bond acceptors (Lipinski definition) is 8. The van der Waals surface area contributed by atoms with Crippen molar-refractivity contribution in [1.82, 2.24) is 39.5 Å². The maximum absolute atomic E-state index is 14.4. The van der Waals surface area contributed by atoms with Crippen LogP contribution < -0.4 is 0 Å². The molecule has 2 N–H and O–H groups in total. The number of likely N-dealkylation sites (tertiary alicyclic amines) is 2. The van der Waals surface area contributed by atoms with Gasteiger partial charge >= 0.3 is 0 Å². The maximum Gasteiger partial charge on any atom is 0.245 e. The highest BCUT2D eigenvalue weighted by Gasteiger charge is 2.39. The summed E-state index contributed by atoms with van der Waals surface area (Å²) in [5.41, 5.74) is 11.3. The van der Waals surface area contributed by atoms with Crippen LogP contribution in [0.4, 0.5) is 0 Å². The molecule has 10 nitrogen and oxygen atoms in total. The fraction of sp³-hybridized carbons (Fsp3) is 0.294. The Morgan fingerprint density at radius 1 is 0.635 bits per heavy atom. The molecule has 2 amide bonds. The van der Waals surface area contributed by atoms with Gasteiger partial charge in [0.2, 0.25) is 11.8 Å². The van der Waals surface area contributed by atoms with Crippen molar-refractivity contribution in [3.63, 3.8) is 0 Å². The van der Waals surface area contributed by atoms with Crippen LogP contribution in [0.1, 0.15) is 83.8 Å². The Balaban J connectivity index is 0.794. The van der Waals surface area contributed by atoms with E-state index in [2.05, 4.69) is 106 Å². The predicted molar refractivity (Wildman–Crippen MR) is 254 cm³/mol. The molecule has 4 aromatic heterocycles. The molecule has 6 heterocycles. The van der Waals surface area contributed by atoms with E-state index in [4.69, 9.17) is 9.97 Å². The van der Waals surface area contributed by atoms with Crippen molar-refractivity contribution in [2.45, 2.75) is 56.3 Å². The number of imidazole rings is 2. The first-order valence-electron chi connectivity index (χ1n) is 21.9. The number of amides is 2. The van der Waals surface area contributed by atoms with Gasteiger partial charge in [-0.05, 0) is 151 Å². The van der Waals surface area contributed by atoms with Gasteiger partial charge in [-0.1, -0.05) is 60.7 Å². The molecule has 0 spiro atoms. The standard InChI is InChI=1S/C51H50N8O2S2/c1-56(2)46(38-28-62-44-15-7-5-11-36(38)44)50(60)58-21-9-13-42(58)48-52-26-40(54-48)30-17-19-34-32(23-30)25-33-24-31(18-20-35(33)34)41-27-53-49(55-41)43-14-10-22-59(43)51(61)47(57(3)4)39-29-63-45-16-8-6-12-37(39)45/h5-8,11-12,15-20,23-24,26-29,42-43,46-47H,9-10,13-14,21-22,25H2,1-4H3,(H,52,54)(H,53,55)/t42-,43-,46?,47?/m1/s1. The lowest BCUT2D eigenvalue weighted by Crippen LogP contribution is -2.40. The minimum atomic E-state index is -0.363. The highest BCUT2D eigenvalue weighted by Crippen LogP contribution is 2.43. The number of fused-ring (bicyclic) bond motifs is 5. The Hall–Kier alpha value is -5.92. The third-order valence-corrected chi connectivity index (χ3v) is 15.5. The molecule has 0 bridgehead atoms. The molecular weight excluding hydrogens is 821 g/mol. The number of nitrogens with one attached hydrogen (secondary N) is 2. The molecule has 12 heteroatoms. The van der Waals surface area contributed by atoms with Gasteiger partial charge in [0.05, 0.1) is 35.9 Å². The van der Waals surface area contributed by atoms with E-state index < -0.39 is 0 Å². The number of thiophene rings is 2. The minimum absolute atomic E-state index is 0.0992. The van der Waals surface area contributed by atoms with E-state index in [0.29, 0.717) is 13.1 Å². The zero-order chi connectivity index (χ0) is 42.9. The summed E-state index contributed by atoms with van der Waals surface area (Å²) < 4.78 is 2.40. The summed E-state index contributed by atoms with van der Waals surface area (Å²) in [5, 5.41) is 6.59. The number of aromatic amines is 2. The van der Waals surface area contributed by atoms with E-state index >= 15 is 0 Å². The minimum Gasteiger partial charge on any atom is -0.340 e. The molecule has 2 unspecified atom stereocenters. The summed E-state index contributed by atoms with van der Waals surface area (Å²) in [6.45, 7) is 1.43. The molecular formula is C51H50N8O2S2. The smallest absolute Gasteiger partial charge is 0.245 e. The van der Waals surface area contributed by atoms with Crippen LogP contribution in [0.25, 0.3) is 53.8 Å².